The fourth-order valence-corrected chi connectivity index (χ4v) is 4.02. The summed E-state index contributed by atoms with van der Waals surface area (Å²) in [6.07, 6.45) is 0.346. The third-order valence-corrected chi connectivity index (χ3v) is 5.58. The van der Waals surface area contributed by atoms with Crippen LogP contribution in [0.1, 0.15) is 33.4 Å². The molecule has 0 aromatic carbocycles. The van der Waals surface area contributed by atoms with Crippen molar-refractivity contribution in [3.05, 3.63) is 22.1 Å². The Hall–Kier alpha value is -2.75. The molecule has 2 aromatic rings. The van der Waals surface area contributed by atoms with E-state index in [2.05, 4.69) is 10.00 Å². The van der Waals surface area contributed by atoms with Crippen LogP contribution < -0.4 is 15.4 Å². The number of anilines is 2. The van der Waals surface area contributed by atoms with Gasteiger partial charge in [0.2, 0.25) is 0 Å². The van der Waals surface area contributed by atoms with E-state index in [-0.39, 0.29) is 11.7 Å². The highest BCUT2D eigenvalue weighted by Gasteiger charge is 2.29. The number of nitrogens with zero attached hydrogens (tertiary/aromatic N) is 5. The van der Waals surface area contributed by atoms with Crippen molar-refractivity contribution in [2.75, 3.05) is 62.3 Å². The number of fused-ring (bicyclic) bond motifs is 1. The SMILES string of the molecule is CCc1nc2cc(N3CCOCC3)[nH]n2c(=O)c1N1CCN(C(=O)OC(C)(C)C)CC1. The van der Waals surface area contributed by atoms with Gasteiger partial charge in [0.15, 0.2) is 5.65 Å². The van der Waals surface area contributed by atoms with Crippen LogP contribution in [0.15, 0.2) is 10.9 Å². The number of rotatable bonds is 3. The van der Waals surface area contributed by atoms with Gasteiger partial charge in [-0.1, -0.05) is 6.92 Å². The fraction of sp³-hybridized carbons (Fsp3) is 0.667. The number of carbonyl (C=O) groups excluding carboxylic acids is 1. The lowest BCUT2D eigenvalue weighted by Gasteiger charge is -2.36. The summed E-state index contributed by atoms with van der Waals surface area (Å²) >= 11 is 0. The lowest BCUT2D eigenvalue weighted by molar-refractivity contribution is 0.0240. The van der Waals surface area contributed by atoms with E-state index < -0.39 is 5.60 Å². The summed E-state index contributed by atoms with van der Waals surface area (Å²) in [5, 5.41) is 3.22. The number of morpholine rings is 1. The molecule has 2 fully saturated rings. The van der Waals surface area contributed by atoms with Crippen LogP contribution in [0.2, 0.25) is 0 Å². The Morgan fingerprint density at radius 3 is 2.42 bits per heavy atom. The van der Waals surface area contributed by atoms with Gasteiger partial charge in [-0.05, 0) is 27.2 Å². The Labute approximate surface area is 181 Å². The molecule has 10 heteroatoms. The van der Waals surface area contributed by atoms with Gasteiger partial charge >= 0.3 is 6.09 Å². The van der Waals surface area contributed by atoms with Crippen LogP contribution in [0.3, 0.4) is 0 Å². The summed E-state index contributed by atoms with van der Waals surface area (Å²) in [4.78, 5) is 36.5. The van der Waals surface area contributed by atoms with Gasteiger partial charge < -0.3 is 24.2 Å². The molecule has 0 bridgehead atoms. The summed E-state index contributed by atoms with van der Waals surface area (Å²) in [6, 6.07) is 1.93. The second-order valence-electron chi connectivity index (χ2n) is 8.95. The van der Waals surface area contributed by atoms with E-state index >= 15 is 0 Å². The minimum Gasteiger partial charge on any atom is -0.444 e. The van der Waals surface area contributed by atoms with E-state index in [9.17, 15) is 9.59 Å². The van der Waals surface area contributed by atoms with Gasteiger partial charge in [0.1, 0.15) is 17.1 Å². The number of H-pyrrole nitrogens is 1. The Balaban J connectivity index is 1.57. The number of piperazine rings is 1. The molecule has 0 spiro atoms. The van der Waals surface area contributed by atoms with Gasteiger partial charge in [0.05, 0.1) is 18.9 Å². The number of aromatic nitrogens is 3. The smallest absolute Gasteiger partial charge is 0.410 e. The molecule has 1 N–H and O–H groups in total. The van der Waals surface area contributed by atoms with Crippen molar-refractivity contribution in [1.29, 1.82) is 0 Å². The van der Waals surface area contributed by atoms with Crippen LogP contribution in [-0.2, 0) is 15.9 Å². The van der Waals surface area contributed by atoms with E-state index in [4.69, 9.17) is 14.5 Å². The minimum atomic E-state index is -0.525. The highest BCUT2D eigenvalue weighted by atomic mass is 16.6. The third-order valence-electron chi connectivity index (χ3n) is 5.58. The summed E-state index contributed by atoms with van der Waals surface area (Å²) in [7, 11) is 0. The van der Waals surface area contributed by atoms with E-state index in [0.29, 0.717) is 57.1 Å². The molecule has 0 atom stereocenters. The van der Waals surface area contributed by atoms with Gasteiger partial charge in [-0.15, -0.1) is 0 Å². The summed E-state index contributed by atoms with van der Waals surface area (Å²) < 4.78 is 12.4. The lowest BCUT2D eigenvalue weighted by atomic mass is 10.2. The van der Waals surface area contributed by atoms with Gasteiger partial charge in [0, 0.05) is 45.3 Å². The Morgan fingerprint density at radius 2 is 1.81 bits per heavy atom. The first-order valence-corrected chi connectivity index (χ1v) is 11.0. The maximum atomic E-state index is 13.4. The fourth-order valence-electron chi connectivity index (χ4n) is 4.02. The summed E-state index contributed by atoms with van der Waals surface area (Å²) in [6.45, 7) is 12.6. The molecule has 2 aliphatic rings. The van der Waals surface area contributed by atoms with Crippen LogP contribution in [0, 0.1) is 0 Å². The van der Waals surface area contributed by atoms with Gasteiger partial charge in [-0.3, -0.25) is 9.89 Å². The quantitative estimate of drug-likeness (QED) is 0.785. The van der Waals surface area contributed by atoms with Gasteiger partial charge in [0.25, 0.3) is 5.56 Å². The number of nitrogens with one attached hydrogen (secondary N) is 1. The monoisotopic (exact) mass is 432 g/mol. The van der Waals surface area contributed by atoms with Crippen molar-refractivity contribution in [3.8, 4) is 0 Å². The highest BCUT2D eigenvalue weighted by molar-refractivity contribution is 5.69. The predicted octanol–water partition coefficient (Wildman–Crippen LogP) is 1.48. The Morgan fingerprint density at radius 1 is 1.13 bits per heavy atom. The number of hydrogen-bond acceptors (Lipinski definition) is 7. The number of amides is 1. The summed E-state index contributed by atoms with van der Waals surface area (Å²) in [5.41, 5.74) is 1.39. The average molecular weight is 433 g/mol. The molecule has 170 valence electrons. The van der Waals surface area contributed by atoms with Crippen LogP contribution in [0.4, 0.5) is 16.3 Å². The molecule has 0 aliphatic carbocycles. The number of hydrogen-bond donors (Lipinski definition) is 1. The molecule has 10 nitrogen and oxygen atoms in total. The topological polar surface area (TPSA) is 95.4 Å². The Kier molecular flexibility index (Phi) is 5.83. The summed E-state index contributed by atoms with van der Waals surface area (Å²) in [5.74, 6) is 0.877. The zero-order valence-electron chi connectivity index (χ0n) is 18.8. The zero-order valence-corrected chi connectivity index (χ0v) is 18.8. The van der Waals surface area contributed by atoms with E-state index in [1.807, 2.05) is 38.7 Å². The molecule has 2 aliphatic heterocycles. The zero-order chi connectivity index (χ0) is 22.2. The Bertz CT molecular complexity index is 994. The second kappa shape index (κ2) is 8.41. The molecule has 4 heterocycles. The number of carbonyl (C=O) groups is 1. The van der Waals surface area contributed by atoms with Crippen molar-refractivity contribution in [1.82, 2.24) is 19.5 Å². The molecule has 4 rings (SSSR count). The first-order chi connectivity index (χ1) is 14.8. The van der Waals surface area contributed by atoms with Crippen molar-refractivity contribution in [2.45, 2.75) is 39.7 Å². The molecule has 2 saturated heterocycles. The van der Waals surface area contributed by atoms with Crippen LogP contribution in [0.5, 0.6) is 0 Å². The van der Waals surface area contributed by atoms with Crippen molar-refractivity contribution in [3.63, 3.8) is 0 Å². The maximum Gasteiger partial charge on any atom is 0.410 e. The molecule has 0 saturated carbocycles. The molecular weight excluding hydrogens is 400 g/mol. The van der Waals surface area contributed by atoms with Gasteiger partial charge in [-0.2, -0.15) is 4.52 Å². The maximum absolute atomic E-state index is 13.4. The number of aromatic amines is 1. The normalized spacial score (nSPS) is 18.0. The lowest BCUT2D eigenvalue weighted by Crippen LogP contribution is -2.51. The minimum absolute atomic E-state index is 0.105. The first kappa shape index (κ1) is 21.5. The molecule has 0 radical (unpaired) electrons. The van der Waals surface area contributed by atoms with Gasteiger partial charge in [-0.25, -0.2) is 9.78 Å². The predicted molar refractivity (Wildman–Crippen MR) is 118 cm³/mol. The van der Waals surface area contributed by atoms with Crippen molar-refractivity contribution < 1.29 is 14.3 Å². The van der Waals surface area contributed by atoms with Crippen LogP contribution in [0.25, 0.3) is 5.65 Å². The van der Waals surface area contributed by atoms with E-state index in [1.165, 1.54) is 4.52 Å². The molecule has 1 amide bonds. The van der Waals surface area contributed by atoms with Crippen molar-refractivity contribution >= 4 is 23.2 Å². The first-order valence-electron chi connectivity index (χ1n) is 11.0. The largest absolute Gasteiger partial charge is 0.444 e. The van der Waals surface area contributed by atoms with E-state index in [0.717, 1.165) is 24.6 Å². The van der Waals surface area contributed by atoms with Crippen LogP contribution >= 0.6 is 0 Å². The average Bonchev–Trinajstić information content (AvgIpc) is 3.18. The van der Waals surface area contributed by atoms with Crippen molar-refractivity contribution in [2.24, 2.45) is 0 Å². The number of ether oxygens (including phenoxy) is 2. The highest BCUT2D eigenvalue weighted by Crippen LogP contribution is 2.21. The molecule has 31 heavy (non-hydrogen) atoms. The number of aryl methyl sites for hydroxylation is 1. The standard InChI is InChI=1S/C21H32N6O4/c1-5-15-18(25-6-8-26(9-7-25)20(29)31-21(2,3)4)19(28)27-16(22-15)14-17(23-27)24-10-12-30-13-11-24/h14,23H,5-13H2,1-4H3. The van der Waals surface area contributed by atoms with Crippen LogP contribution in [-0.4, -0.2) is 83.7 Å². The third kappa shape index (κ3) is 4.48. The second-order valence-corrected chi connectivity index (χ2v) is 8.95. The van der Waals surface area contributed by atoms with E-state index in [1.54, 1.807) is 4.90 Å². The molecular formula is C21H32N6O4. The molecule has 2 aromatic heterocycles. The molecule has 0 unspecified atom stereocenters.